The summed E-state index contributed by atoms with van der Waals surface area (Å²) in [4.78, 5) is 23.0. The highest BCUT2D eigenvalue weighted by molar-refractivity contribution is 5.97. The van der Waals surface area contributed by atoms with Gasteiger partial charge in [-0.2, -0.15) is 13.2 Å². The Morgan fingerprint density at radius 3 is 2.48 bits per heavy atom. The molecule has 0 aliphatic heterocycles. The third kappa shape index (κ3) is 5.57. The van der Waals surface area contributed by atoms with Crippen LogP contribution in [0.5, 0.6) is 0 Å². The number of hydrogen-bond acceptors (Lipinski definition) is 2. The molecule has 0 saturated heterocycles. The molecular weight excluding hydrogens is 285 g/mol. The summed E-state index contributed by atoms with van der Waals surface area (Å²) >= 11 is 0. The Bertz CT molecular complexity index is 589. The van der Waals surface area contributed by atoms with E-state index in [-0.39, 0.29) is 0 Å². The van der Waals surface area contributed by atoms with Crippen molar-refractivity contribution in [1.82, 2.24) is 10.6 Å². The lowest BCUT2D eigenvalue weighted by Gasteiger charge is -2.10. The fraction of sp³-hybridized carbons (Fsp3) is 0.286. The standard InChI is InChI=1S/C14H13F3N2O2/c1-3-10-4-5-11(9(2)6-10)13(21)18-7-12(20)19-8-14(15,16)17/h1,4-6H,7-8H2,2H3,(H,18,21)(H,19,20). The van der Waals surface area contributed by atoms with E-state index in [0.717, 1.165) is 0 Å². The van der Waals surface area contributed by atoms with Crippen LogP contribution in [0, 0.1) is 19.3 Å². The Morgan fingerprint density at radius 2 is 1.95 bits per heavy atom. The van der Waals surface area contributed by atoms with Crippen molar-refractivity contribution in [3.05, 3.63) is 34.9 Å². The maximum absolute atomic E-state index is 11.9. The second kappa shape index (κ2) is 6.79. The molecule has 2 amide bonds. The monoisotopic (exact) mass is 298 g/mol. The van der Waals surface area contributed by atoms with Gasteiger partial charge in [-0.25, -0.2) is 0 Å². The maximum atomic E-state index is 11.9. The van der Waals surface area contributed by atoms with Crippen molar-refractivity contribution in [3.63, 3.8) is 0 Å². The van der Waals surface area contributed by atoms with Gasteiger partial charge < -0.3 is 10.6 Å². The van der Waals surface area contributed by atoms with E-state index in [2.05, 4.69) is 11.2 Å². The molecule has 1 aromatic carbocycles. The molecule has 112 valence electrons. The van der Waals surface area contributed by atoms with Crippen molar-refractivity contribution >= 4 is 11.8 Å². The molecule has 0 saturated carbocycles. The second-order valence-corrected chi connectivity index (χ2v) is 4.25. The lowest BCUT2D eigenvalue weighted by Crippen LogP contribution is -2.41. The Morgan fingerprint density at radius 1 is 1.29 bits per heavy atom. The van der Waals surface area contributed by atoms with Gasteiger partial charge >= 0.3 is 6.18 Å². The lowest BCUT2D eigenvalue weighted by atomic mass is 10.0. The molecule has 0 aliphatic carbocycles. The van der Waals surface area contributed by atoms with E-state index in [9.17, 15) is 22.8 Å². The minimum absolute atomic E-state index is 0.303. The smallest absolute Gasteiger partial charge is 0.345 e. The molecule has 0 heterocycles. The summed E-state index contributed by atoms with van der Waals surface area (Å²) in [7, 11) is 0. The number of carbonyl (C=O) groups excluding carboxylic acids is 2. The molecule has 7 heteroatoms. The molecule has 0 aliphatic rings. The van der Waals surface area contributed by atoms with Crippen molar-refractivity contribution in [1.29, 1.82) is 0 Å². The Labute approximate surface area is 119 Å². The average molecular weight is 298 g/mol. The zero-order chi connectivity index (χ0) is 16.0. The Balaban J connectivity index is 2.55. The van der Waals surface area contributed by atoms with Gasteiger partial charge in [0.15, 0.2) is 0 Å². The highest BCUT2D eigenvalue weighted by Gasteiger charge is 2.27. The SMILES string of the molecule is C#Cc1ccc(C(=O)NCC(=O)NCC(F)(F)F)c(C)c1. The number of rotatable bonds is 4. The van der Waals surface area contributed by atoms with Crippen LogP contribution in [0.4, 0.5) is 13.2 Å². The molecule has 0 radical (unpaired) electrons. The zero-order valence-corrected chi connectivity index (χ0v) is 11.2. The summed E-state index contributed by atoms with van der Waals surface area (Å²) in [6.07, 6.45) is 0.732. The van der Waals surface area contributed by atoms with Crippen LogP contribution >= 0.6 is 0 Å². The molecule has 1 aromatic rings. The van der Waals surface area contributed by atoms with Gasteiger partial charge in [0.1, 0.15) is 6.54 Å². The number of nitrogens with one attached hydrogen (secondary N) is 2. The first-order valence-corrected chi connectivity index (χ1v) is 5.92. The lowest BCUT2D eigenvalue weighted by molar-refractivity contribution is -0.137. The predicted octanol–water partition coefficient (Wildman–Crippen LogP) is 1.38. The normalized spacial score (nSPS) is 10.6. The van der Waals surface area contributed by atoms with Gasteiger partial charge in [-0.05, 0) is 30.7 Å². The molecule has 2 N–H and O–H groups in total. The first-order valence-electron chi connectivity index (χ1n) is 5.92. The zero-order valence-electron chi connectivity index (χ0n) is 11.2. The number of aryl methyl sites for hydroxylation is 1. The van der Waals surface area contributed by atoms with Crippen molar-refractivity contribution in [2.45, 2.75) is 13.1 Å². The summed E-state index contributed by atoms with van der Waals surface area (Å²) < 4.78 is 35.7. The Kier molecular flexibility index (Phi) is 5.36. The van der Waals surface area contributed by atoms with Crippen molar-refractivity contribution in [2.75, 3.05) is 13.1 Å². The highest BCUT2D eigenvalue weighted by atomic mass is 19.4. The van der Waals surface area contributed by atoms with Crippen molar-refractivity contribution in [2.24, 2.45) is 0 Å². The van der Waals surface area contributed by atoms with Crippen LogP contribution in [0.25, 0.3) is 0 Å². The van der Waals surface area contributed by atoms with E-state index in [1.165, 1.54) is 6.07 Å². The van der Waals surface area contributed by atoms with E-state index in [0.29, 0.717) is 16.7 Å². The van der Waals surface area contributed by atoms with Crippen LogP contribution in [0.2, 0.25) is 0 Å². The molecule has 4 nitrogen and oxygen atoms in total. The molecule has 0 spiro atoms. The number of terminal acetylenes is 1. The third-order valence-corrected chi connectivity index (χ3v) is 2.53. The van der Waals surface area contributed by atoms with Crippen LogP contribution in [0.1, 0.15) is 21.5 Å². The van der Waals surface area contributed by atoms with E-state index >= 15 is 0 Å². The predicted molar refractivity (Wildman–Crippen MR) is 70.5 cm³/mol. The van der Waals surface area contributed by atoms with Gasteiger partial charge in [0.2, 0.25) is 5.91 Å². The number of benzene rings is 1. The number of alkyl halides is 3. The first-order chi connectivity index (χ1) is 9.73. The fourth-order valence-corrected chi connectivity index (χ4v) is 1.53. The van der Waals surface area contributed by atoms with Gasteiger partial charge in [-0.3, -0.25) is 9.59 Å². The van der Waals surface area contributed by atoms with E-state index in [1.807, 2.05) is 0 Å². The van der Waals surface area contributed by atoms with Gasteiger partial charge in [0.25, 0.3) is 5.91 Å². The largest absolute Gasteiger partial charge is 0.405 e. The van der Waals surface area contributed by atoms with Gasteiger partial charge in [-0.1, -0.05) is 5.92 Å². The average Bonchev–Trinajstić information content (AvgIpc) is 2.41. The minimum Gasteiger partial charge on any atom is -0.345 e. The minimum atomic E-state index is -4.48. The van der Waals surface area contributed by atoms with Crippen LogP contribution in [0.3, 0.4) is 0 Å². The first kappa shape index (κ1) is 16.6. The van der Waals surface area contributed by atoms with Crippen LogP contribution < -0.4 is 10.6 Å². The summed E-state index contributed by atoms with van der Waals surface area (Å²) in [5.41, 5.74) is 1.52. The second-order valence-electron chi connectivity index (χ2n) is 4.25. The molecule has 1 rings (SSSR count). The molecule has 0 bridgehead atoms. The molecule has 0 fully saturated rings. The number of amides is 2. The molecular formula is C14H13F3N2O2. The number of halogens is 3. The molecule has 0 atom stereocenters. The van der Waals surface area contributed by atoms with Crippen LogP contribution in [-0.4, -0.2) is 31.1 Å². The summed E-state index contributed by atoms with van der Waals surface area (Å²) in [6.45, 7) is -0.303. The van der Waals surface area contributed by atoms with E-state index < -0.39 is 31.1 Å². The van der Waals surface area contributed by atoms with Gasteiger partial charge in [0.05, 0.1) is 6.54 Å². The Hall–Kier alpha value is -2.49. The van der Waals surface area contributed by atoms with Crippen molar-refractivity contribution < 1.29 is 22.8 Å². The topological polar surface area (TPSA) is 58.2 Å². The van der Waals surface area contributed by atoms with Crippen LogP contribution in [-0.2, 0) is 4.79 Å². The van der Waals surface area contributed by atoms with E-state index in [1.54, 1.807) is 24.4 Å². The molecule has 21 heavy (non-hydrogen) atoms. The molecule has 0 aromatic heterocycles. The third-order valence-electron chi connectivity index (χ3n) is 2.53. The fourth-order valence-electron chi connectivity index (χ4n) is 1.53. The van der Waals surface area contributed by atoms with Crippen molar-refractivity contribution in [3.8, 4) is 12.3 Å². The maximum Gasteiger partial charge on any atom is 0.405 e. The van der Waals surface area contributed by atoms with Gasteiger partial charge in [-0.15, -0.1) is 6.42 Å². The quantitative estimate of drug-likeness (QED) is 0.825. The summed E-state index contributed by atoms with van der Waals surface area (Å²) in [5.74, 6) is 0.937. The van der Waals surface area contributed by atoms with Crippen LogP contribution in [0.15, 0.2) is 18.2 Å². The summed E-state index contributed by atoms with van der Waals surface area (Å²) in [5, 5.41) is 3.90. The summed E-state index contributed by atoms with van der Waals surface area (Å²) in [6, 6.07) is 4.68. The van der Waals surface area contributed by atoms with Gasteiger partial charge in [0, 0.05) is 11.1 Å². The number of hydrogen-bond donors (Lipinski definition) is 2. The molecule has 0 unspecified atom stereocenters. The van der Waals surface area contributed by atoms with E-state index in [4.69, 9.17) is 6.42 Å². The highest BCUT2D eigenvalue weighted by Crippen LogP contribution is 2.12. The number of carbonyl (C=O) groups is 2.